The minimum atomic E-state index is -0.612. The third kappa shape index (κ3) is 3.09. The van der Waals surface area contributed by atoms with Gasteiger partial charge >= 0.3 is 0 Å². The topological polar surface area (TPSA) is 49.4 Å². The largest absolute Gasteiger partial charge is 0.340 e. The van der Waals surface area contributed by atoms with Crippen molar-refractivity contribution in [1.82, 2.24) is 10.2 Å². The minimum absolute atomic E-state index is 0.0117. The SMILES string of the molecule is CC1C(=O)NC2(CCCCC2)C(=O)N1CC(C)C(C)(C)C. The van der Waals surface area contributed by atoms with E-state index in [-0.39, 0.29) is 23.3 Å². The number of nitrogens with zero attached hydrogens (tertiary/aromatic N) is 1. The van der Waals surface area contributed by atoms with Crippen molar-refractivity contribution in [3.8, 4) is 0 Å². The van der Waals surface area contributed by atoms with Crippen molar-refractivity contribution in [1.29, 1.82) is 0 Å². The summed E-state index contributed by atoms with van der Waals surface area (Å²) in [5.74, 6) is 0.512. The third-order valence-corrected chi connectivity index (χ3v) is 5.54. The summed E-state index contributed by atoms with van der Waals surface area (Å²) < 4.78 is 0. The van der Waals surface area contributed by atoms with Crippen LogP contribution < -0.4 is 5.32 Å². The van der Waals surface area contributed by atoms with Crippen LogP contribution in [0.5, 0.6) is 0 Å². The van der Waals surface area contributed by atoms with Crippen molar-refractivity contribution in [2.75, 3.05) is 6.54 Å². The highest BCUT2D eigenvalue weighted by atomic mass is 16.2. The Balaban J connectivity index is 2.21. The van der Waals surface area contributed by atoms with Crippen molar-refractivity contribution < 1.29 is 9.59 Å². The van der Waals surface area contributed by atoms with Crippen molar-refractivity contribution in [2.24, 2.45) is 11.3 Å². The maximum absolute atomic E-state index is 13.0. The molecule has 0 aromatic rings. The molecule has 1 aliphatic carbocycles. The van der Waals surface area contributed by atoms with Crippen LogP contribution in [0.3, 0.4) is 0 Å². The van der Waals surface area contributed by atoms with Crippen LogP contribution in [0.1, 0.15) is 66.7 Å². The van der Waals surface area contributed by atoms with E-state index in [4.69, 9.17) is 0 Å². The molecule has 1 aliphatic heterocycles. The molecule has 0 aromatic carbocycles. The lowest BCUT2D eigenvalue weighted by molar-refractivity contribution is -0.157. The Labute approximate surface area is 128 Å². The number of hydrogen-bond donors (Lipinski definition) is 1. The number of carbonyl (C=O) groups excluding carboxylic acids is 2. The molecule has 0 aromatic heterocycles. The second kappa shape index (κ2) is 5.62. The number of rotatable bonds is 2. The fraction of sp³-hybridized carbons (Fsp3) is 0.882. The van der Waals surface area contributed by atoms with E-state index in [1.807, 2.05) is 11.8 Å². The molecule has 2 rings (SSSR count). The Morgan fingerprint density at radius 3 is 2.33 bits per heavy atom. The van der Waals surface area contributed by atoms with Crippen LogP contribution in [0, 0.1) is 11.3 Å². The second-order valence-electron chi connectivity index (χ2n) is 8.03. The Kier molecular flexibility index (Phi) is 4.36. The fourth-order valence-electron chi connectivity index (χ4n) is 3.29. The van der Waals surface area contributed by atoms with E-state index in [0.29, 0.717) is 12.5 Å². The number of hydrogen-bond acceptors (Lipinski definition) is 2. The molecule has 2 fully saturated rings. The summed E-state index contributed by atoms with van der Waals surface area (Å²) >= 11 is 0. The number of carbonyl (C=O) groups is 2. The molecule has 2 amide bonds. The second-order valence-corrected chi connectivity index (χ2v) is 8.03. The highest BCUT2D eigenvalue weighted by molar-refractivity contribution is 5.99. The quantitative estimate of drug-likeness (QED) is 0.851. The molecular formula is C17H30N2O2. The van der Waals surface area contributed by atoms with E-state index < -0.39 is 5.54 Å². The van der Waals surface area contributed by atoms with Gasteiger partial charge in [0, 0.05) is 6.54 Å². The molecular weight excluding hydrogens is 264 g/mol. The number of piperazine rings is 1. The van der Waals surface area contributed by atoms with E-state index in [1.54, 1.807) is 0 Å². The molecule has 1 spiro atoms. The van der Waals surface area contributed by atoms with Gasteiger partial charge in [0.15, 0.2) is 0 Å². The van der Waals surface area contributed by atoms with Gasteiger partial charge in [-0.1, -0.05) is 47.0 Å². The lowest BCUT2D eigenvalue weighted by atomic mass is 9.77. The van der Waals surface area contributed by atoms with Gasteiger partial charge in [-0.3, -0.25) is 9.59 Å². The van der Waals surface area contributed by atoms with Gasteiger partial charge in [-0.25, -0.2) is 0 Å². The Bertz CT molecular complexity index is 419. The summed E-state index contributed by atoms with van der Waals surface area (Å²) in [7, 11) is 0. The predicted octanol–water partition coefficient (Wildman–Crippen LogP) is 2.72. The predicted molar refractivity (Wildman–Crippen MR) is 83.8 cm³/mol. The third-order valence-electron chi connectivity index (χ3n) is 5.54. The molecule has 1 N–H and O–H groups in total. The van der Waals surface area contributed by atoms with E-state index >= 15 is 0 Å². The first-order valence-corrected chi connectivity index (χ1v) is 8.30. The summed E-state index contributed by atoms with van der Waals surface area (Å²) in [5.41, 5.74) is -0.479. The monoisotopic (exact) mass is 294 g/mol. The molecule has 2 atom stereocenters. The number of amides is 2. The Hall–Kier alpha value is -1.06. The summed E-state index contributed by atoms with van der Waals surface area (Å²) in [4.78, 5) is 27.2. The summed E-state index contributed by atoms with van der Waals surface area (Å²) in [5, 5.41) is 3.04. The summed E-state index contributed by atoms with van der Waals surface area (Å²) in [6, 6.07) is -0.352. The number of nitrogens with one attached hydrogen (secondary N) is 1. The zero-order valence-electron chi connectivity index (χ0n) is 14.2. The van der Waals surface area contributed by atoms with Crippen LogP contribution in [0.2, 0.25) is 0 Å². The van der Waals surface area contributed by atoms with Crippen molar-refractivity contribution >= 4 is 11.8 Å². The molecule has 21 heavy (non-hydrogen) atoms. The lowest BCUT2D eigenvalue weighted by Gasteiger charge is -2.48. The fourth-order valence-corrected chi connectivity index (χ4v) is 3.29. The van der Waals surface area contributed by atoms with Gasteiger partial charge in [0.25, 0.3) is 0 Å². The first-order chi connectivity index (χ1) is 9.67. The van der Waals surface area contributed by atoms with Crippen molar-refractivity contribution in [3.05, 3.63) is 0 Å². The lowest BCUT2D eigenvalue weighted by Crippen LogP contribution is -2.70. The van der Waals surface area contributed by atoms with E-state index in [0.717, 1.165) is 25.7 Å². The molecule has 4 heteroatoms. The van der Waals surface area contributed by atoms with E-state index in [9.17, 15) is 9.59 Å². The van der Waals surface area contributed by atoms with Gasteiger partial charge < -0.3 is 10.2 Å². The Morgan fingerprint density at radius 2 is 1.81 bits per heavy atom. The van der Waals surface area contributed by atoms with Gasteiger partial charge in [-0.15, -0.1) is 0 Å². The maximum Gasteiger partial charge on any atom is 0.249 e. The molecule has 0 bridgehead atoms. The average Bonchev–Trinajstić information content (AvgIpc) is 2.41. The molecule has 1 saturated heterocycles. The van der Waals surface area contributed by atoms with Crippen molar-refractivity contribution in [3.63, 3.8) is 0 Å². The van der Waals surface area contributed by atoms with Crippen LogP contribution in [-0.2, 0) is 9.59 Å². The smallest absolute Gasteiger partial charge is 0.249 e. The summed E-state index contributed by atoms with van der Waals surface area (Å²) in [6.07, 6.45) is 4.82. The molecule has 4 nitrogen and oxygen atoms in total. The molecule has 2 unspecified atom stereocenters. The average molecular weight is 294 g/mol. The highest BCUT2D eigenvalue weighted by Crippen LogP contribution is 2.35. The van der Waals surface area contributed by atoms with Crippen LogP contribution in [0.4, 0.5) is 0 Å². The van der Waals surface area contributed by atoms with Crippen LogP contribution in [0.25, 0.3) is 0 Å². The first-order valence-electron chi connectivity index (χ1n) is 8.30. The zero-order chi connectivity index (χ0) is 15.8. The van der Waals surface area contributed by atoms with Crippen LogP contribution >= 0.6 is 0 Å². The van der Waals surface area contributed by atoms with Crippen LogP contribution in [0.15, 0.2) is 0 Å². The maximum atomic E-state index is 13.0. The van der Waals surface area contributed by atoms with Crippen molar-refractivity contribution in [2.45, 2.75) is 78.3 Å². The highest BCUT2D eigenvalue weighted by Gasteiger charge is 2.50. The molecule has 2 aliphatic rings. The normalized spacial score (nSPS) is 27.7. The molecule has 120 valence electrons. The molecule has 1 saturated carbocycles. The first kappa shape index (κ1) is 16.3. The summed E-state index contributed by atoms with van der Waals surface area (Å²) in [6.45, 7) is 11.2. The van der Waals surface area contributed by atoms with Gasteiger partial charge in [-0.05, 0) is 31.1 Å². The standard InChI is InChI=1S/C17H30N2O2/c1-12(16(3,4)5)11-19-13(2)14(20)18-17(15(19)21)9-7-6-8-10-17/h12-13H,6-11H2,1-5H3,(H,18,20). The molecule has 0 radical (unpaired) electrons. The van der Waals surface area contributed by atoms with Gasteiger partial charge in [-0.2, -0.15) is 0 Å². The van der Waals surface area contributed by atoms with Gasteiger partial charge in [0.1, 0.15) is 11.6 Å². The van der Waals surface area contributed by atoms with E-state index in [2.05, 4.69) is 33.0 Å². The molecule has 1 heterocycles. The zero-order valence-corrected chi connectivity index (χ0v) is 14.2. The minimum Gasteiger partial charge on any atom is -0.340 e. The van der Waals surface area contributed by atoms with Gasteiger partial charge in [0.05, 0.1) is 0 Å². The Morgan fingerprint density at radius 1 is 1.24 bits per heavy atom. The van der Waals surface area contributed by atoms with E-state index in [1.165, 1.54) is 6.42 Å². The van der Waals surface area contributed by atoms with Crippen LogP contribution in [-0.4, -0.2) is 34.8 Å². The van der Waals surface area contributed by atoms with Gasteiger partial charge in [0.2, 0.25) is 11.8 Å².